The van der Waals surface area contributed by atoms with Crippen molar-refractivity contribution in [3.8, 4) is 0 Å². The van der Waals surface area contributed by atoms with E-state index in [2.05, 4.69) is 10.2 Å². The molecule has 2 amide bonds. The van der Waals surface area contributed by atoms with E-state index in [9.17, 15) is 9.59 Å². The standard InChI is InChI=1S/C32H35Cl2N3O2/c1-22-20-25(35-31(38)28-10-3-4-11-29(28)34)13-14-27(22)32(39)37-26(16-19-36-17-5-2-6-18-36)9-7-8-23-21-24(33)12-15-30(23)37/h3-4,10-15,20-21,26H,2,5-9,16-19H2,1H3,(H,35,38). The van der Waals surface area contributed by atoms with Gasteiger partial charge < -0.3 is 15.1 Å². The molecular formula is C32H35Cl2N3O2. The molecule has 7 heteroatoms. The van der Waals surface area contributed by atoms with Crippen LogP contribution in [-0.4, -0.2) is 42.4 Å². The Morgan fingerprint density at radius 1 is 0.923 bits per heavy atom. The van der Waals surface area contributed by atoms with E-state index in [0.717, 1.165) is 62.1 Å². The summed E-state index contributed by atoms with van der Waals surface area (Å²) >= 11 is 12.6. The van der Waals surface area contributed by atoms with Crippen LogP contribution in [0.25, 0.3) is 0 Å². The molecule has 5 nitrogen and oxygen atoms in total. The van der Waals surface area contributed by atoms with Crippen molar-refractivity contribution in [2.75, 3.05) is 29.9 Å². The van der Waals surface area contributed by atoms with Gasteiger partial charge in [0.05, 0.1) is 10.6 Å². The van der Waals surface area contributed by atoms with Crippen LogP contribution >= 0.6 is 23.2 Å². The molecule has 3 aromatic carbocycles. The van der Waals surface area contributed by atoms with Gasteiger partial charge in [-0.25, -0.2) is 0 Å². The van der Waals surface area contributed by atoms with Crippen LogP contribution in [-0.2, 0) is 6.42 Å². The monoisotopic (exact) mass is 563 g/mol. The van der Waals surface area contributed by atoms with Gasteiger partial charge in [0.1, 0.15) is 0 Å². The maximum atomic E-state index is 14.3. The topological polar surface area (TPSA) is 52.7 Å². The Balaban J connectivity index is 1.41. The maximum Gasteiger partial charge on any atom is 0.258 e. The Hall–Kier alpha value is -2.86. The molecule has 2 aliphatic heterocycles. The summed E-state index contributed by atoms with van der Waals surface area (Å²) in [6.07, 6.45) is 7.66. The minimum absolute atomic E-state index is 0.00871. The van der Waals surface area contributed by atoms with E-state index in [1.54, 1.807) is 30.3 Å². The van der Waals surface area contributed by atoms with Crippen molar-refractivity contribution in [1.29, 1.82) is 0 Å². The Kier molecular flexibility index (Phi) is 8.91. The molecule has 204 valence electrons. The SMILES string of the molecule is Cc1cc(NC(=O)c2ccccc2Cl)ccc1C(=O)N1c2ccc(Cl)cc2CCCC1CCN1CCCCC1. The smallest absolute Gasteiger partial charge is 0.258 e. The summed E-state index contributed by atoms with van der Waals surface area (Å²) in [5, 5.41) is 4.01. The Labute approximate surface area is 241 Å². The van der Waals surface area contributed by atoms with Gasteiger partial charge in [-0.3, -0.25) is 9.59 Å². The lowest BCUT2D eigenvalue weighted by molar-refractivity contribution is 0.0970. The molecule has 2 heterocycles. The quantitative estimate of drug-likeness (QED) is 0.333. The fraction of sp³-hybridized carbons (Fsp3) is 0.375. The third-order valence-electron chi connectivity index (χ3n) is 7.93. The van der Waals surface area contributed by atoms with Crippen LogP contribution < -0.4 is 10.2 Å². The number of benzene rings is 3. The number of hydrogen-bond acceptors (Lipinski definition) is 3. The number of likely N-dealkylation sites (tertiary alicyclic amines) is 1. The molecule has 5 rings (SSSR count). The number of nitrogens with one attached hydrogen (secondary N) is 1. The second kappa shape index (κ2) is 12.5. The number of anilines is 2. The number of amides is 2. The van der Waals surface area contributed by atoms with Crippen LogP contribution in [0.4, 0.5) is 11.4 Å². The summed E-state index contributed by atoms with van der Waals surface area (Å²) in [4.78, 5) is 31.6. The van der Waals surface area contributed by atoms with Gasteiger partial charge in [0, 0.05) is 34.5 Å². The molecule has 0 spiro atoms. The van der Waals surface area contributed by atoms with Crippen molar-refractivity contribution >= 4 is 46.4 Å². The molecule has 1 fully saturated rings. The van der Waals surface area contributed by atoms with Gasteiger partial charge in [0.25, 0.3) is 11.8 Å². The number of carbonyl (C=O) groups excluding carboxylic acids is 2. The molecule has 1 unspecified atom stereocenters. The first-order valence-corrected chi connectivity index (χ1v) is 14.7. The van der Waals surface area contributed by atoms with Crippen LogP contribution in [0.15, 0.2) is 60.7 Å². The summed E-state index contributed by atoms with van der Waals surface area (Å²) in [5.74, 6) is -0.291. The zero-order chi connectivity index (χ0) is 27.4. The van der Waals surface area contributed by atoms with Gasteiger partial charge in [-0.05, 0) is 118 Å². The number of aryl methyl sites for hydroxylation is 2. The molecule has 1 N–H and O–H groups in total. The van der Waals surface area contributed by atoms with Gasteiger partial charge in [-0.15, -0.1) is 0 Å². The normalized spacial score (nSPS) is 17.8. The lowest BCUT2D eigenvalue weighted by Gasteiger charge is -2.34. The van der Waals surface area contributed by atoms with Gasteiger partial charge in [-0.1, -0.05) is 41.8 Å². The fourth-order valence-electron chi connectivity index (χ4n) is 5.86. The van der Waals surface area contributed by atoms with Crippen molar-refractivity contribution in [2.45, 2.75) is 57.9 Å². The van der Waals surface area contributed by atoms with Crippen molar-refractivity contribution in [3.63, 3.8) is 0 Å². The number of carbonyl (C=O) groups is 2. The third kappa shape index (κ3) is 6.49. The summed E-state index contributed by atoms with van der Waals surface area (Å²) in [5.41, 5.74) is 4.56. The lowest BCUT2D eigenvalue weighted by Crippen LogP contribution is -2.43. The highest BCUT2D eigenvalue weighted by atomic mass is 35.5. The highest BCUT2D eigenvalue weighted by Gasteiger charge is 2.31. The lowest BCUT2D eigenvalue weighted by atomic mass is 10.0. The highest BCUT2D eigenvalue weighted by Crippen LogP contribution is 2.35. The second-order valence-corrected chi connectivity index (χ2v) is 11.5. The van der Waals surface area contributed by atoms with Gasteiger partial charge in [0.2, 0.25) is 0 Å². The molecule has 0 bridgehead atoms. The minimum Gasteiger partial charge on any atom is -0.322 e. The highest BCUT2D eigenvalue weighted by molar-refractivity contribution is 6.34. The second-order valence-electron chi connectivity index (χ2n) is 10.6. The van der Waals surface area contributed by atoms with Crippen LogP contribution in [0.3, 0.4) is 0 Å². The number of halogens is 2. The third-order valence-corrected chi connectivity index (χ3v) is 8.49. The van der Waals surface area contributed by atoms with Gasteiger partial charge >= 0.3 is 0 Å². The summed E-state index contributed by atoms with van der Waals surface area (Å²) in [6.45, 7) is 5.21. The molecule has 39 heavy (non-hydrogen) atoms. The van der Waals surface area contributed by atoms with E-state index in [-0.39, 0.29) is 17.9 Å². The van der Waals surface area contributed by atoms with Crippen LogP contribution in [0, 0.1) is 6.92 Å². The molecule has 2 aliphatic rings. The summed E-state index contributed by atoms with van der Waals surface area (Å²) in [6, 6.07) is 18.4. The van der Waals surface area contributed by atoms with Crippen molar-refractivity contribution in [1.82, 2.24) is 4.90 Å². The van der Waals surface area contributed by atoms with Gasteiger partial charge in [-0.2, -0.15) is 0 Å². The first kappa shape index (κ1) is 27.7. The molecule has 0 aromatic heterocycles. The Morgan fingerprint density at radius 2 is 1.72 bits per heavy atom. The van der Waals surface area contributed by atoms with Gasteiger partial charge in [0.15, 0.2) is 0 Å². The molecular weight excluding hydrogens is 529 g/mol. The van der Waals surface area contributed by atoms with E-state index < -0.39 is 0 Å². The van der Waals surface area contributed by atoms with Crippen molar-refractivity contribution in [3.05, 3.63) is 93.0 Å². The predicted molar refractivity (Wildman–Crippen MR) is 160 cm³/mol. The first-order valence-electron chi connectivity index (χ1n) is 13.9. The molecule has 0 aliphatic carbocycles. The molecule has 0 saturated carbocycles. The maximum absolute atomic E-state index is 14.3. The van der Waals surface area contributed by atoms with E-state index in [1.807, 2.05) is 42.2 Å². The summed E-state index contributed by atoms with van der Waals surface area (Å²) < 4.78 is 0. The summed E-state index contributed by atoms with van der Waals surface area (Å²) in [7, 11) is 0. The zero-order valence-electron chi connectivity index (χ0n) is 22.4. The number of hydrogen-bond donors (Lipinski definition) is 1. The van der Waals surface area contributed by atoms with Crippen LogP contribution in [0.1, 0.15) is 70.4 Å². The van der Waals surface area contributed by atoms with E-state index in [0.29, 0.717) is 26.9 Å². The molecule has 3 aromatic rings. The Bertz CT molecular complexity index is 1350. The number of nitrogens with zero attached hydrogens (tertiary/aromatic N) is 2. The predicted octanol–water partition coefficient (Wildman–Crippen LogP) is 7.78. The number of rotatable bonds is 6. The van der Waals surface area contributed by atoms with E-state index >= 15 is 0 Å². The first-order chi connectivity index (χ1) is 18.9. The minimum atomic E-state index is -0.282. The van der Waals surface area contributed by atoms with Crippen LogP contribution in [0.5, 0.6) is 0 Å². The van der Waals surface area contributed by atoms with Crippen molar-refractivity contribution < 1.29 is 9.59 Å². The number of fused-ring (bicyclic) bond motifs is 1. The molecule has 0 radical (unpaired) electrons. The zero-order valence-corrected chi connectivity index (χ0v) is 23.9. The average Bonchev–Trinajstić information content (AvgIpc) is 3.11. The average molecular weight is 565 g/mol. The van der Waals surface area contributed by atoms with E-state index in [1.165, 1.54) is 19.3 Å². The Morgan fingerprint density at radius 3 is 2.49 bits per heavy atom. The van der Waals surface area contributed by atoms with Crippen LogP contribution in [0.2, 0.25) is 10.0 Å². The van der Waals surface area contributed by atoms with Crippen molar-refractivity contribution in [2.24, 2.45) is 0 Å². The molecule has 1 saturated heterocycles. The largest absolute Gasteiger partial charge is 0.322 e. The van der Waals surface area contributed by atoms with E-state index in [4.69, 9.17) is 23.2 Å². The molecule has 1 atom stereocenters. The number of piperidine rings is 1. The fourth-order valence-corrected chi connectivity index (χ4v) is 6.28.